The van der Waals surface area contributed by atoms with Gasteiger partial charge >= 0.3 is 0 Å². The van der Waals surface area contributed by atoms with Gasteiger partial charge in [-0.25, -0.2) is 0 Å². The van der Waals surface area contributed by atoms with Crippen LogP contribution in [0.1, 0.15) is 32.3 Å². The first-order chi connectivity index (χ1) is 9.61. The maximum absolute atomic E-state index is 5.17. The van der Waals surface area contributed by atoms with Gasteiger partial charge in [0.25, 0.3) is 0 Å². The third-order valence-electron chi connectivity index (χ3n) is 3.38. The molecule has 1 N–H and O–H groups in total. The monoisotopic (exact) mass is 341 g/mol. The Bertz CT molecular complexity index is 351. The van der Waals surface area contributed by atoms with E-state index in [9.17, 15) is 0 Å². The first kappa shape index (κ1) is 17.7. The Labute approximate surface area is 132 Å². The molecule has 0 aliphatic rings. The fraction of sp³-hybridized carbons (Fsp3) is 0.647. The van der Waals surface area contributed by atoms with Crippen molar-refractivity contribution in [2.75, 3.05) is 26.8 Å². The second kappa shape index (κ2) is 10.4. The van der Waals surface area contributed by atoms with E-state index in [2.05, 4.69) is 59.4 Å². The minimum Gasteiger partial charge on any atom is -0.385 e. The third kappa shape index (κ3) is 8.03. The van der Waals surface area contributed by atoms with Crippen LogP contribution in [0.4, 0.5) is 0 Å². The SMILES string of the molecule is COCCCC(CNCC(C)C)Cc1ccc(Br)cc1. The van der Waals surface area contributed by atoms with Crippen LogP contribution in [0.5, 0.6) is 0 Å². The molecule has 0 spiro atoms. The average Bonchev–Trinajstić information content (AvgIpc) is 2.41. The molecule has 0 amide bonds. The summed E-state index contributed by atoms with van der Waals surface area (Å²) in [6.45, 7) is 7.56. The lowest BCUT2D eigenvalue weighted by molar-refractivity contribution is 0.186. The Morgan fingerprint density at radius 2 is 1.85 bits per heavy atom. The van der Waals surface area contributed by atoms with Crippen LogP contribution in [0.3, 0.4) is 0 Å². The van der Waals surface area contributed by atoms with Gasteiger partial charge in [0.15, 0.2) is 0 Å². The predicted molar refractivity (Wildman–Crippen MR) is 90.2 cm³/mol. The van der Waals surface area contributed by atoms with Crippen LogP contribution in [0.25, 0.3) is 0 Å². The predicted octanol–water partition coefficient (Wildman–Crippen LogP) is 4.28. The van der Waals surface area contributed by atoms with E-state index in [-0.39, 0.29) is 0 Å². The van der Waals surface area contributed by atoms with Crippen molar-refractivity contribution < 1.29 is 4.74 Å². The molecule has 0 saturated heterocycles. The van der Waals surface area contributed by atoms with Crippen LogP contribution in [0.15, 0.2) is 28.7 Å². The van der Waals surface area contributed by atoms with Crippen molar-refractivity contribution in [2.24, 2.45) is 11.8 Å². The van der Waals surface area contributed by atoms with Gasteiger partial charge in [-0.05, 0) is 61.9 Å². The zero-order valence-electron chi connectivity index (χ0n) is 13.0. The van der Waals surface area contributed by atoms with Crippen molar-refractivity contribution in [3.8, 4) is 0 Å². The van der Waals surface area contributed by atoms with Gasteiger partial charge in [-0.3, -0.25) is 0 Å². The lowest BCUT2D eigenvalue weighted by Gasteiger charge is -2.18. The summed E-state index contributed by atoms with van der Waals surface area (Å²) in [5.41, 5.74) is 1.42. The lowest BCUT2D eigenvalue weighted by Crippen LogP contribution is -2.27. The highest BCUT2D eigenvalue weighted by Crippen LogP contribution is 2.17. The fourth-order valence-electron chi connectivity index (χ4n) is 2.32. The van der Waals surface area contributed by atoms with E-state index in [0.717, 1.165) is 37.0 Å². The Kier molecular flexibility index (Phi) is 9.16. The number of halogens is 1. The number of hydrogen-bond acceptors (Lipinski definition) is 2. The number of hydrogen-bond donors (Lipinski definition) is 1. The summed E-state index contributed by atoms with van der Waals surface area (Å²) in [5.74, 6) is 1.40. The van der Waals surface area contributed by atoms with Crippen LogP contribution in [-0.4, -0.2) is 26.8 Å². The molecule has 1 aromatic carbocycles. The summed E-state index contributed by atoms with van der Waals surface area (Å²) in [4.78, 5) is 0. The molecule has 1 rings (SSSR count). The zero-order valence-corrected chi connectivity index (χ0v) is 14.6. The van der Waals surface area contributed by atoms with Crippen LogP contribution in [-0.2, 0) is 11.2 Å². The maximum Gasteiger partial charge on any atom is 0.0462 e. The van der Waals surface area contributed by atoms with Gasteiger partial charge in [-0.15, -0.1) is 0 Å². The van der Waals surface area contributed by atoms with Crippen LogP contribution < -0.4 is 5.32 Å². The first-order valence-electron chi connectivity index (χ1n) is 7.56. The Morgan fingerprint density at radius 3 is 2.45 bits per heavy atom. The summed E-state index contributed by atoms with van der Waals surface area (Å²) in [6.07, 6.45) is 3.50. The van der Waals surface area contributed by atoms with Gasteiger partial charge < -0.3 is 10.1 Å². The number of benzene rings is 1. The number of ether oxygens (including phenoxy) is 1. The zero-order chi connectivity index (χ0) is 14.8. The van der Waals surface area contributed by atoms with Crippen LogP contribution in [0.2, 0.25) is 0 Å². The number of nitrogens with one attached hydrogen (secondary N) is 1. The van der Waals surface area contributed by atoms with E-state index in [1.165, 1.54) is 12.0 Å². The highest BCUT2D eigenvalue weighted by molar-refractivity contribution is 9.10. The van der Waals surface area contributed by atoms with E-state index >= 15 is 0 Å². The molecule has 1 unspecified atom stereocenters. The summed E-state index contributed by atoms with van der Waals surface area (Å²) >= 11 is 3.49. The number of methoxy groups -OCH3 is 1. The first-order valence-corrected chi connectivity index (χ1v) is 8.35. The molecule has 3 heteroatoms. The molecule has 2 nitrogen and oxygen atoms in total. The van der Waals surface area contributed by atoms with Crippen molar-refractivity contribution in [3.05, 3.63) is 34.3 Å². The minimum atomic E-state index is 0.685. The van der Waals surface area contributed by atoms with E-state index in [1.807, 2.05) is 0 Å². The minimum absolute atomic E-state index is 0.685. The molecule has 20 heavy (non-hydrogen) atoms. The van der Waals surface area contributed by atoms with E-state index in [4.69, 9.17) is 4.74 Å². The van der Waals surface area contributed by atoms with Crippen molar-refractivity contribution in [1.82, 2.24) is 5.32 Å². The molecule has 1 atom stereocenters. The van der Waals surface area contributed by atoms with E-state index in [1.54, 1.807) is 7.11 Å². The van der Waals surface area contributed by atoms with E-state index < -0.39 is 0 Å². The third-order valence-corrected chi connectivity index (χ3v) is 3.91. The van der Waals surface area contributed by atoms with Gasteiger partial charge in [-0.2, -0.15) is 0 Å². The lowest BCUT2D eigenvalue weighted by atomic mass is 9.94. The van der Waals surface area contributed by atoms with Gasteiger partial charge in [-0.1, -0.05) is 41.9 Å². The normalized spacial score (nSPS) is 12.8. The molecule has 0 heterocycles. The maximum atomic E-state index is 5.17. The van der Waals surface area contributed by atoms with Gasteiger partial charge in [0.2, 0.25) is 0 Å². The standard InChI is InChI=1S/C17H28BrNO/c1-14(2)12-19-13-16(5-4-10-20-3)11-15-6-8-17(18)9-7-15/h6-9,14,16,19H,4-5,10-13H2,1-3H3. The summed E-state index contributed by atoms with van der Waals surface area (Å²) in [5, 5.41) is 3.59. The van der Waals surface area contributed by atoms with E-state index in [0.29, 0.717) is 11.8 Å². The van der Waals surface area contributed by atoms with Crippen molar-refractivity contribution in [2.45, 2.75) is 33.1 Å². The molecule has 0 aromatic heterocycles. The Morgan fingerprint density at radius 1 is 1.15 bits per heavy atom. The molecular formula is C17H28BrNO. The highest BCUT2D eigenvalue weighted by atomic mass is 79.9. The largest absolute Gasteiger partial charge is 0.385 e. The van der Waals surface area contributed by atoms with Crippen molar-refractivity contribution in [1.29, 1.82) is 0 Å². The fourth-order valence-corrected chi connectivity index (χ4v) is 2.59. The molecule has 0 aliphatic heterocycles. The topological polar surface area (TPSA) is 21.3 Å². The summed E-state index contributed by atoms with van der Waals surface area (Å²) < 4.78 is 6.32. The quantitative estimate of drug-likeness (QED) is 0.641. The molecule has 0 radical (unpaired) electrons. The second-order valence-corrected chi connectivity index (χ2v) is 6.80. The molecular weight excluding hydrogens is 314 g/mol. The Hall–Kier alpha value is -0.380. The molecule has 0 aliphatic carbocycles. The molecule has 0 fully saturated rings. The summed E-state index contributed by atoms with van der Waals surface area (Å²) in [6, 6.07) is 8.69. The van der Waals surface area contributed by atoms with Gasteiger partial charge in [0.05, 0.1) is 0 Å². The van der Waals surface area contributed by atoms with Crippen molar-refractivity contribution >= 4 is 15.9 Å². The van der Waals surface area contributed by atoms with Crippen molar-refractivity contribution in [3.63, 3.8) is 0 Å². The Balaban J connectivity index is 2.45. The smallest absolute Gasteiger partial charge is 0.0462 e. The molecule has 0 saturated carbocycles. The van der Waals surface area contributed by atoms with Crippen LogP contribution >= 0.6 is 15.9 Å². The second-order valence-electron chi connectivity index (χ2n) is 5.88. The molecule has 0 bridgehead atoms. The molecule has 114 valence electrons. The molecule has 1 aromatic rings. The highest BCUT2D eigenvalue weighted by Gasteiger charge is 2.10. The van der Waals surface area contributed by atoms with Crippen LogP contribution in [0, 0.1) is 11.8 Å². The van der Waals surface area contributed by atoms with Gasteiger partial charge in [0.1, 0.15) is 0 Å². The summed E-state index contributed by atoms with van der Waals surface area (Å²) in [7, 11) is 1.78. The van der Waals surface area contributed by atoms with Gasteiger partial charge in [0, 0.05) is 18.2 Å². The average molecular weight is 342 g/mol. The number of rotatable bonds is 10.